The average Bonchev–Trinajstić information content (AvgIpc) is 3.20. The van der Waals surface area contributed by atoms with Crippen LogP contribution in [0.15, 0.2) is 48.5 Å². The van der Waals surface area contributed by atoms with Crippen LogP contribution >= 0.6 is 0 Å². The highest BCUT2D eigenvalue weighted by molar-refractivity contribution is 5.88. The van der Waals surface area contributed by atoms with Gasteiger partial charge in [-0.2, -0.15) is 0 Å². The fourth-order valence-corrected chi connectivity index (χ4v) is 3.97. The SMILES string of the molecule is [2H]CC(C)(C)OC[C@H](NC(=O)OCC1c2ccccc2-c2ccccc21)C(=O)NNC(=O)CCC(C)C. The number of rotatable bonds is 9. The molecule has 0 saturated carbocycles. The van der Waals surface area contributed by atoms with E-state index in [1.165, 1.54) is 0 Å². The first-order valence-electron chi connectivity index (χ1n) is 13.0. The van der Waals surface area contributed by atoms with Crippen LogP contribution in [-0.4, -0.2) is 42.8 Å². The number of carbonyl (C=O) groups is 3. The standard InChI is InChI=1S/C28H37N3O5/c1-18(2)14-15-25(32)30-31-26(33)24(17-36-28(3,4)5)29-27(34)35-16-23-21-12-8-6-10-19(21)20-11-7-9-13-22(20)23/h6-13,18,23-24H,14-17H2,1-5H3,(H,29,34)(H,30,32)(H,31,33)/t24-/m0/s1/i3D. The fraction of sp³-hybridized carbons (Fsp3) is 0.464. The van der Waals surface area contributed by atoms with Crippen molar-refractivity contribution in [1.29, 1.82) is 0 Å². The molecule has 8 nitrogen and oxygen atoms in total. The predicted octanol–water partition coefficient (Wildman–Crippen LogP) is 4.29. The van der Waals surface area contributed by atoms with Gasteiger partial charge in [0.15, 0.2) is 0 Å². The van der Waals surface area contributed by atoms with Crippen LogP contribution in [0.4, 0.5) is 4.79 Å². The van der Waals surface area contributed by atoms with Gasteiger partial charge in [-0.1, -0.05) is 62.4 Å². The first kappa shape index (κ1) is 25.7. The predicted molar refractivity (Wildman–Crippen MR) is 138 cm³/mol. The van der Waals surface area contributed by atoms with Gasteiger partial charge >= 0.3 is 6.09 Å². The molecular weight excluding hydrogens is 458 g/mol. The van der Waals surface area contributed by atoms with E-state index in [1.807, 2.05) is 50.2 Å². The van der Waals surface area contributed by atoms with Gasteiger partial charge in [-0.3, -0.25) is 20.4 Å². The Morgan fingerprint density at radius 2 is 1.61 bits per heavy atom. The summed E-state index contributed by atoms with van der Waals surface area (Å²) >= 11 is 0. The smallest absolute Gasteiger partial charge is 0.407 e. The maximum Gasteiger partial charge on any atom is 0.407 e. The number of hydrazine groups is 1. The van der Waals surface area contributed by atoms with Crippen molar-refractivity contribution in [3.63, 3.8) is 0 Å². The summed E-state index contributed by atoms with van der Waals surface area (Å²) in [5.41, 5.74) is 8.30. The van der Waals surface area contributed by atoms with E-state index < -0.39 is 23.6 Å². The van der Waals surface area contributed by atoms with Gasteiger partial charge in [0.2, 0.25) is 5.91 Å². The second-order valence-corrected chi connectivity index (χ2v) is 10.1. The second kappa shape index (κ2) is 12.0. The highest BCUT2D eigenvalue weighted by Crippen LogP contribution is 2.44. The molecule has 3 rings (SSSR count). The van der Waals surface area contributed by atoms with Crippen LogP contribution in [0, 0.1) is 5.92 Å². The van der Waals surface area contributed by atoms with Crippen LogP contribution in [0.25, 0.3) is 11.1 Å². The Balaban J connectivity index is 1.62. The molecule has 8 heteroatoms. The van der Waals surface area contributed by atoms with Crippen molar-refractivity contribution in [3.05, 3.63) is 59.7 Å². The van der Waals surface area contributed by atoms with Crippen molar-refractivity contribution in [2.24, 2.45) is 5.92 Å². The molecule has 1 aliphatic carbocycles. The first-order chi connectivity index (χ1) is 17.6. The molecule has 0 aromatic heterocycles. The van der Waals surface area contributed by atoms with Crippen molar-refractivity contribution < 1.29 is 25.2 Å². The zero-order chi connectivity index (χ0) is 27.0. The molecule has 3 N–H and O–H groups in total. The lowest BCUT2D eigenvalue weighted by atomic mass is 9.98. The summed E-state index contributed by atoms with van der Waals surface area (Å²) in [5.74, 6) is -0.740. The van der Waals surface area contributed by atoms with Crippen LogP contribution < -0.4 is 16.2 Å². The van der Waals surface area contributed by atoms with E-state index >= 15 is 0 Å². The quantitative estimate of drug-likeness (QED) is 0.449. The van der Waals surface area contributed by atoms with E-state index in [9.17, 15) is 14.4 Å². The minimum atomic E-state index is -1.13. The van der Waals surface area contributed by atoms with E-state index in [-0.39, 0.29) is 38.4 Å². The van der Waals surface area contributed by atoms with Crippen LogP contribution in [-0.2, 0) is 19.1 Å². The molecule has 194 valence electrons. The molecule has 0 spiro atoms. The van der Waals surface area contributed by atoms with Crippen LogP contribution in [0.2, 0.25) is 0 Å². The molecule has 0 fully saturated rings. The lowest BCUT2D eigenvalue weighted by molar-refractivity contribution is -0.132. The Morgan fingerprint density at radius 3 is 2.19 bits per heavy atom. The molecule has 0 unspecified atom stereocenters. The van der Waals surface area contributed by atoms with Crippen LogP contribution in [0.1, 0.15) is 65.9 Å². The Kier molecular flexibility index (Phi) is 8.59. The summed E-state index contributed by atoms with van der Waals surface area (Å²) in [6, 6.07) is 14.9. The van der Waals surface area contributed by atoms with Crippen molar-refractivity contribution >= 4 is 17.9 Å². The Labute approximate surface area is 214 Å². The Hall–Kier alpha value is -3.39. The summed E-state index contributed by atoms with van der Waals surface area (Å²) < 4.78 is 18.8. The molecule has 1 aliphatic rings. The number of fused-ring (bicyclic) bond motifs is 3. The molecule has 2 aromatic rings. The first-order valence-corrected chi connectivity index (χ1v) is 12.2. The Bertz CT molecular complexity index is 1060. The molecule has 3 amide bonds. The van der Waals surface area contributed by atoms with E-state index in [0.29, 0.717) is 12.3 Å². The summed E-state index contributed by atoms with van der Waals surface area (Å²) in [6.07, 6.45) is 0.176. The van der Waals surface area contributed by atoms with E-state index in [0.717, 1.165) is 22.3 Å². The molecule has 1 atom stereocenters. The maximum absolute atomic E-state index is 12.8. The zero-order valence-corrected chi connectivity index (χ0v) is 21.4. The van der Waals surface area contributed by atoms with Crippen LogP contribution in [0.5, 0.6) is 0 Å². The average molecular weight is 497 g/mol. The van der Waals surface area contributed by atoms with Crippen molar-refractivity contribution in [2.45, 2.75) is 65.0 Å². The minimum absolute atomic E-state index is 0.0295. The monoisotopic (exact) mass is 496 g/mol. The van der Waals surface area contributed by atoms with Gasteiger partial charge < -0.3 is 14.8 Å². The highest BCUT2D eigenvalue weighted by atomic mass is 16.5. The normalized spacial score (nSPS) is 13.9. The number of carbonyl (C=O) groups excluding carboxylic acids is 3. The Morgan fingerprint density at radius 1 is 1.00 bits per heavy atom. The molecule has 0 heterocycles. The summed E-state index contributed by atoms with van der Waals surface area (Å²) in [5, 5.41) is 2.55. The maximum atomic E-state index is 12.8. The van der Waals surface area contributed by atoms with Gasteiger partial charge in [0.25, 0.3) is 5.91 Å². The van der Waals surface area contributed by atoms with Crippen LogP contribution in [0.3, 0.4) is 0 Å². The molecule has 0 saturated heterocycles. The minimum Gasteiger partial charge on any atom is -0.449 e. The van der Waals surface area contributed by atoms with E-state index in [2.05, 4.69) is 28.3 Å². The van der Waals surface area contributed by atoms with Gasteiger partial charge in [-0.25, -0.2) is 4.79 Å². The number of hydrogen-bond donors (Lipinski definition) is 3. The number of nitrogens with one attached hydrogen (secondary N) is 3. The number of alkyl carbamates (subject to hydrolysis) is 1. The summed E-state index contributed by atoms with van der Waals surface area (Å²) in [4.78, 5) is 37.6. The molecular formula is C28H37N3O5. The molecule has 0 bridgehead atoms. The molecule has 0 aliphatic heterocycles. The van der Waals surface area contributed by atoms with E-state index in [4.69, 9.17) is 10.8 Å². The third-order valence-electron chi connectivity index (χ3n) is 5.87. The highest BCUT2D eigenvalue weighted by Gasteiger charge is 2.30. The van der Waals surface area contributed by atoms with Crippen molar-refractivity contribution in [3.8, 4) is 11.1 Å². The molecule has 2 aromatic carbocycles. The number of amides is 3. The van der Waals surface area contributed by atoms with Crippen molar-refractivity contribution in [2.75, 3.05) is 13.2 Å². The number of ether oxygens (including phenoxy) is 2. The third kappa shape index (κ3) is 7.55. The van der Waals surface area contributed by atoms with Crippen molar-refractivity contribution in [1.82, 2.24) is 16.2 Å². The van der Waals surface area contributed by atoms with E-state index in [1.54, 1.807) is 13.8 Å². The largest absolute Gasteiger partial charge is 0.449 e. The second-order valence-electron chi connectivity index (χ2n) is 10.1. The van der Waals surface area contributed by atoms with Gasteiger partial charge in [0.1, 0.15) is 12.6 Å². The summed E-state index contributed by atoms with van der Waals surface area (Å²) in [7, 11) is 0. The molecule has 36 heavy (non-hydrogen) atoms. The fourth-order valence-electron chi connectivity index (χ4n) is 3.97. The number of benzene rings is 2. The van der Waals surface area contributed by atoms with Gasteiger partial charge in [-0.15, -0.1) is 0 Å². The molecule has 0 radical (unpaired) electrons. The zero-order valence-electron chi connectivity index (χ0n) is 22.4. The van der Waals surface area contributed by atoms with Gasteiger partial charge in [0.05, 0.1) is 12.2 Å². The topological polar surface area (TPSA) is 106 Å². The third-order valence-corrected chi connectivity index (χ3v) is 5.87. The lowest BCUT2D eigenvalue weighted by Gasteiger charge is -2.25. The number of hydrogen-bond acceptors (Lipinski definition) is 5. The van der Waals surface area contributed by atoms with Gasteiger partial charge in [-0.05, 0) is 55.3 Å². The van der Waals surface area contributed by atoms with Gasteiger partial charge in [0, 0.05) is 13.7 Å². The summed E-state index contributed by atoms with van der Waals surface area (Å²) in [6.45, 7) is 7.32. The lowest BCUT2D eigenvalue weighted by Crippen LogP contribution is -2.54.